The summed E-state index contributed by atoms with van der Waals surface area (Å²) in [6.07, 6.45) is 1.45. The number of methoxy groups -OCH3 is 1. The third kappa shape index (κ3) is 2.13. The largest absolute Gasteiger partial charge is 0.496 e. The summed E-state index contributed by atoms with van der Waals surface area (Å²) in [4.78, 5) is 12.1. The number of carbonyl (C=O) groups excluding carboxylic acids is 1. The first kappa shape index (κ1) is 11.9. The summed E-state index contributed by atoms with van der Waals surface area (Å²) in [6.45, 7) is 2.56. The zero-order chi connectivity index (χ0) is 12.4. The van der Waals surface area contributed by atoms with Crippen molar-refractivity contribution in [2.24, 2.45) is 5.73 Å². The Morgan fingerprint density at radius 1 is 1.59 bits per heavy atom. The number of nitrogens with two attached hydrogens (primary N) is 1. The van der Waals surface area contributed by atoms with Gasteiger partial charge in [0.15, 0.2) is 5.78 Å². The van der Waals surface area contributed by atoms with Crippen LogP contribution in [0.5, 0.6) is 11.5 Å². The number of ketones is 1. The number of hydrogen-bond donors (Lipinski definition) is 1. The lowest BCUT2D eigenvalue weighted by Gasteiger charge is -2.13. The van der Waals surface area contributed by atoms with E-state index >= 15 is 0 Å². The molecule has 1 unspecified atom stereocenters. The van der Waals surface area contributed by atoms with Crippen LogP contribution in [0.1, 0.15) is 29.3 Å². The fourth-order valence-electron chi connectivity index (χ4n) is 1.95. The molecule has 4 heteroatoms. The van der Waals surface area contributed by atoms with Gasteiger partial charge < -0.3 is 15.2 Å². The molecule has 1 aromatic carbocycles. The van der Waals surface area contributed by atoms with Crippen LogP contribution < -0.4 is 15.2 Å². The predicted octanol–water partition coefficient (Wildman–Crippen LogP) is 1.55. The molecule has 1 aliphatic heterocycles. The summed E-state index contributed by atoms with van der Waals surface area (Å²) in [5.41, 5.74) is 7.40. The maximum Gasteiger partial charge on any atom is 0.183 e. The van der Waals surface area contributed by atoms with Crippen molar-refractivity contribution >= 4 is 5.78 Å². The average Bonchev–Trinajstić information content (AvgIpc) is 2.82. The standard InChI is InChI=1S/C13H17NO3/c1-3-10(14)13(15)9-6-8-4-5-17-11(8)7-12(9)16-2/h6-7,10H,3-5,14H2,1-2H3. The molecule has 0 aliphatic carbocycles. The van der Waals surface area contributed by atoms with Gasteiger partial charge in [0.25, 0.3) is 0 Å². The van der Waals surface area contributed by atoms with E-state index in [1.165, 1.54) is 0 Å². The fraction of sp³-hybridized carbons (Fsp3) is 0.462. The number of hydrogen-bond acceptors (Lipinski definition) is 4. The van der Waals surface area contributed by atoms with Gasteiger partial charge in [-0.05, 0) is 18.1 Å². The summed E-state index contributed by atoms with van der Waals surface area (Å²) >= 11 is 0. The molecule has 0 saturated heterocycles. The van der Waals surface area contributed by atoms with Crippen molar-refractivity contribution < 1.29 is 14.3 Å². The first-order valence-corrected chi connectivity index (χ1v) is 5.80. The molecule has 1 aromatic rings. The molecule has 1 atom stereocenters. The van der Waals surface area contributed by atoms with E-state index in [1.54, 1.807) is 13.2 Å². The van der Waals surface area contributed by atoms with E-state index in [2.05, 4.69) is 0 Å². The average molecular weight is 235 g/mol. The summed E-state index contributed by atoms with van der Waals surface area (Å²) in [7, 11) is 1.55. The van der Waals surface area contributed by atoms with Crippen LogP contribution in [-0.4, -0.2) is 25.5 Å². The van der Waals surface area contributed by atoms with Crippen molar-refractivity contribution in [3.63, 3.8) is 0 Å². The van der Waals surface area contributed by atoms with E-state index in [0.29, 0.717) is 24.3 Å². The van der Waals surface area contributed by atoms with Gasteiger partial charge in [0, 0.05) is 12.5 Å². The lowest BCUT2D eigenvalue weighted by molar-refractivity contribution is 0.0956. The summed E-state index contributed by atoms with van der Waals surface area (Å²) < 4.78 is 10.7. The molecule has 0 saturated carbocycles. The maximum atomic E-state index is 12.1. The van der Waals surface area contributed by atoms with Crippen LogP contribution in [0, 0.1) is 0 Å². The molecule has 4 nitrogen and oxygen atoms in total. The van der Waals surface area contributed by atoms with Gasteiger partial charge in [-0.25, -0.2) is 0 Å². The van der Waals surface area contributed by atoms with Crippen molar-refractivity contribution in [1.29, 1.82) is 0 Å². The molecule has 0 aromatic heterocycles. The molecule has 1 heterocycles. The highest BCUT2D eigenvalue weighted by Crippen LogP contribution is 2.33. The lowest BCUT2D eigenvalue weighted by Crippen LogP contribution is -2.29. The van der Waals surface area contributed by atoms with Crippen LogP contribution in [0.3, 0.4) is 0 Å². The van der Waals surface area contributed by atoms with E-state index in [0.717, 1.165) is 17.7 Å². The minimum absolute atomic E-state index is 0.0703. The van der Waals surface area contributed by atoms with Gasteiger partial charge >= 0.3 is 0 Å². The van der Waals surface area contributed by atoms with Crippen LogP contribution >= 0.6 is 0 Å². The van der Waals surface area contributed by atoms with Crippen LogP contribution in [0.25, 0.3) is 0 Å². The Bertz CT molecular complexity index is 443. The molecular weight excluding hydrogens is 218 g/mol. The molecule has 1 aliphatic rings. The molecule has 0 radical (unpaired) electrons. The molecule has 0 spiro atoms. The van der Waals surface area contributed by atoms with Crippen LogP contribution in [-0.2, 0) is 6.42 Å². The molecule has 92 valence electrons. The van der Waals surface area contributed by atoms with Crippen molar-refractivity contribution in [2.45, 2.75) is 25.8 Å². The molecule has 0 amide bonds. The fourth-order valence-corrected chi connectivity index (χ4v) is 1.95. The highest BCUT2D eigenvalue weighted by Gasteiger charge is 2.23. The van der Waals surface area contributed by atoms with Crippen LogP contribution in [0.4, 0.5) is 0 Å². The molecule has 0 bridgehead atoms. The lowest BCUT2D eigenvalue weighted by atomic mass is 9.99. The van der Waals surface area contributed by atoms with Gasteiger partial charge in [-0.15, -0.1) is 0 Å². The number of fused-ring (bicyclic) bond motifs is 1. The second-order valence-electron chi connectivity index (χ2n) is 4.14. The Kier molecular flexibility index (Phi) is 3.33. The number of Topliss-reactive ketones (excluding diaryl/α,β-unsaturated/α-hetero) is 1. The van der Waals surface area contributed by atoms with Gasteiger partial charge in [-0.3, -0.25) is 4.79 Å². The Morgan fingerprint density at radius 3 is 3.00 bits per heavy atom. The second kappa shape index (κ2) is 4.75. The Hall–Kier alpha value is -1.55. The van der Waals surface area contributed by atoms with Crippen molar-refractivity contribution in [3.8, 4) is 11.5 Å². The Balaban J connectivity index is 2.42. The molecule has 2 rings (SSSR count). The Labute approximate surface area is 101 Å². The first-order valence-electron chi connectivity index (χ1n) is 5.80. The van der Waals surface area contributed by atoms with Crippen molar-refractivity contribution in [1.82, 2.24) is 0 Å². The molecule has 17 heavy (non-hydrogen) atoms. The van der Waals surface area contributed by atoms with E-state index in [9.17, 15) is 4.79 Å². The van der Waals surface area contributed by atoms with Crippen LogP contribution in [0.2, 0.25) is 0 Å². The van der Waals surface area contributed by atoms with Crippen LogP contribution in [0.15, 0.2) is 12.1 Å². The molecule has 2 N–H and O–H groups in total. The van der Waals surface area contributed by atoms with Crippen molar-refractivity contribution in [2.75, 3.05) is 13.7 Å². The minimum atomic E-state index is -0.468. The van der Waals surface area contributed by atoms with E-state index in [4.69, 9.17) is 15.2 Å². The number of rotatable bonds is 4. The third-order valence-electron chi connectivity index (χ3n) is 3.05. The van der Waals surface area contributed by atoms with E-state index in [-0.39, 0.29) is 5.78 Å². The summed E-state index contributed by atoms with van der Waals surface area (Å²) in [5.74, 6) is 1.28. The highest BCUT2D eigenvalue weighted by molar-refractivity contribution is 6.02. The normalized spacial score (nSPS) is 15.0. The second-order valence-corrected chi connectivity index (χ2v) is 4.14. The quantitative estimate of drug-likeness (QED) is 0.804. The topological polar surface area (TPSA) is 61.6 Å². The number of ether oxygens (including phenoxy) is 2. The summed E-state index contributed by atoms with van der Waals surface area (Å²) in [6, 6.07) is 3.15. The van der Waals surface area contributed by atoms with E-state index < -0.39 is 6.04 Å². The van der Waals surface area contributed by atoms with Gasteiger partial charge in [0.05, 0.1) is 25.3 Å². The molecular formula is C13H17NO3. The van der Waals surface area contributed by atoms with Gasteiger partial charge in [-0.1, -0.05) is 6.92 Å². The third-order valence-corrected chi connectivity index (χ3v) is 3.05. The van der Waals surface area contributed by atoms with E-state index in [1.807, 2.05) is 13.0 Å². The monoisotopic (exact) mass is 235 g/mol. The van der Waals surface area contributed by atoms with Gasteiger partial charge in [0.2, 0.25) is 0 Å². The van der Waals surface area contributed by atoms with Crippen molar-refractivity contribution in [3.05, 3.63) is 23.3 Å². The Morgan fingerprint density at radius 2 is 2.35 bits per heavy atom. The maximum absolute atomic E-state index is 12.1. The minimum Gasteiger partial charge on any atom is -0.496 e. The summed E-state index contributed by atoms with van der Waals surface area (Å²) in [5, 5.41) is 0. The van der Waals surface area contributed by atoms with Gasteiger partial charge in [-0.2, -0.15) is 0 Å². The zero-order valence-corrected chi connectivity index (χ0v) is 10.2. The highest BCUT2D eigenvalue weighted by atomic mass is 16.5. The van der Waals surface area contributed by atoms with Gasteiger partial charge in [0.1, 0.15) is 11.5 Å². The first-order chi connectivity index (χ1) is 8.17. The number of benzene rings is 1. The smallest absolute Gasteiger partial charge is 0.183 e. The predicted molar refractivity (Wildman–Crippen MR) is 64.8 cm³/mol. The zero-order valence-electron chi connectivity index (χ0n) is 10.2. The molecule has 0 fully saturated rings. The number of carbonyl (C=O) groups is 1. The SMILES string of the molecule is CCC(N)C(=O)c1cc2c(cc1OC)OCC2.